The van der Waals surface area contributed by atoms with Gasteiger partial charge in [-0.05, 0) is 25.1 Å². The first-order chi connectivity index (χ1) is 10.1. The summed E-state index contributed by atoms with van der Waals surface area (Å²) >= 11 is 0. The van der Waals surface area contributed by atoms with Crippen molar-refractivity contribution in [1.29, 1.82) is 0 Å². The van der Waals surface area contributed by atoms with Crippen molar-refractivity contribution in [3.8, 4) is 0 Å². The topological polar surface area (TPSA) is 85.9 Å². The van der Waals surface area contributed by atoms with Crippen molar-refractivity contribution in [3.05, 3.63) is 51.8 Å². The molecule has 1 N–H and O–H groups in total. The quantitative estimate of drug-likeness (QED) is 0.478. The van der Waals surface area contributed by atoms with Gasteiger partial charge in [-0.25, -0.2) is 14.1 Å². The van der Waals surface area contributed by atoms with Gasteiger partial charge in [0.05, 0.1) is 23.6 Å². The average molecular weight is 293 g/mol. The molecule has 0 radical (unpaired) electrons. The van der Waals surface area contributed by atoms with E-state index in [0.717, 1.165) is 31.2 Å². The Labute approximate surface area is 121 Å². The van der Waals surface area contributed by atoms with Gasteiger partial charge in [0.1, 0.15) is 18.0 Å². The molecule has 2 aromatic rings. The van der Waals surface area contributed by atoms with Crippen LogP contribution in [0.4, 0.5) is 10.1 Å². The van der Waals surface area contributed by atoms with Crippen LogP contribution < -0.4 is 5.32 Å². The molecule has 0 amide bonds. The minimum Gasteiger partial charge on any atom is -0.310 e. The standard InChI is InChI=1S/C13H16FN5O2/c1-2-5-15-7-13-16-9-17-18(13)8-10-6-11(14)3-4-12(10)19(20)21/h3-4,6,9,15H,2,5,7-8H2,1H3. The molecule has 21 heavy (non-hydrogen) atoms. The van der Waals surface area contributed by atoms with Crippen LogP contribution in [0.1, 0.15) is 24.7 Å². The third-order valence-corrected chi connectivity index (χ3v) is 2.96. The van der Waals surface area contributed by atoms with Gasteiger partial charge < -0.3 is 5.32 Å². The fourth-order valence-electron chi connectivity index (χ4n) is 1.95. The van der Waals surface area contributed by atoms with Crippen LogP contribution in [0, 0.1) is 15.9 Å². The minimum atomic E-state index is -0.527. The van der Waals surface area contributed by atoms with Gasteiger partial charge in [0.15, 0.2) is 0 Å². The van der Waals surface area contributed by atoms with Crippen LogP contribution in [0.5, 0.6) is 0 Å². The van der Waals surface area contributed by atoms with Gasteiger partial charge in [0.25, 0.3) is 5.69 Å². The van der Waals surface area contributed by atoms with E-state index in [9.17, 15) is 14.5 Å². The van der Waals surface area contributed by atoms with Crippen molar-refractivity contribution >= 4 is 5.69 Å². The van der Waals surface area contributed by atoms with E-state index in [1.165, 1.54) is 11.0 Å². The molecule has 2 rings (SSSR count). The molecule has 0 spiro atoms. The minimum absolute atomic E-state index is 0.108. The van der Waals surface area contributed by atoms with Crippen LogP contribution in [0.15, 0.2) is 24.5 Å². The summed E-state index contributed by atoms with van der Waals surface area (Å²) in [6.07, 6.45) is 2.37. The van der Waals surface area contributed by atoms with E-state index in [1.807, 2.05) is 6.92 Å². The van der Waals surface area contributed by atoms with E-state index in [4.69, 9.17) is 0 Å². The van der Waals surface area contributed by atoms with Gasteiger partial charge >= 0.3 is 0 Å². The summed E-state index contributed by atoms with van der Waals surface area (Å²) in [5.74, 6) is 0.142. The maximum absolute atomic E-state index is 13.3. The van der Waals surface area contributed by atoms with Crippen LogP contribution in [0.2, 0.25) is 0 Å². The molecule has 1 aromatic carbocycles. The fraction of sp³-hybridized carbons (Fsp3) is 0.385. The van der Waals surface area contributed by atoms with Crippen LogP contribution in [0.3, 0.4) is 0 Å². The van der Waals surface area contributed by atoms with Crippen LogP contribution in [0.25, 0.3) is 0 Å². The molecule has 0 bridgehead atoms. The predicted molar refractivity (Wildman–Crippen MR) is 74.2 cm³/mol. The molecule has 1 aromatic heterocycles. The van der Waals surface area contributed by atoms with Crippen molar-refractivity contribution in [1.82, 2.24) is 20.1 Å². The molecule has 0 aliphatic rings. The number of hydrogen-bond donors (Lipinski definition) is 1. The molecule has 0 saturated heterocycles. The van der Waals surface area contributed by atoms with Crippen LogP contribution in [-0.4, -0.2) is 26.2 Å². The molecular weight excluding hydrogens is 277 g/mol. The maximum Gasteiger partial charge on any atom is 0.274 e. The number of aromatic nitrogens is 3. The zero-order valence-corrected chi connectivity index (χ0v) is 11.6. The third kappa shape index (κ3) is 3.82. The van der Waals surface area contributed by atoms with Crippen LogP contribution in [-0.2, 0) is 13.1 Å². The van der Waals surface area contributed by atoms with Crippen molar-refractivity contribution < 1.29 is 9.31 Å². The molecule has 0 unspecified atom stereocenters. The lowest BCUT2D eigenvalue weighted by atomic mass is 10.1. The largest absolute Gasteiger partial charge is 0.310 e. The van der Waals surface area contributed by atoms with Crippen LogP contribution >= 0.6 is 0 Å². The number of nitro benzene ring substituents is 1. The van der Waals surface area contributed by atoms with Crippen molar-refractivity contribution in [2.24, 2.45) is 0 Å². The van der Waals surface area contributed by atoms with E-state index in [1.54, 1.807) is 0 Å². The molecule has 0 atom stereocenters. The van der Waals surface area contributed by atoms with E-state index in [2.05, 4.69) is 15.4 Å². The number of nitrogens with one attached hydrogen (secondary N) is 1. The molecule has 0 aliphatic carbocycles. The highest BCUT2D eigenvalue weighted by atomic mass is 19.1. The Morgan fingerprint density at radius 2 is 2.29 bits per heavy atom. The molecule has 1 heterocycles. The van der Waals surface area contributed by atoms with Crippen molar-refractivity contribution in [3.63, 3.8) is 0 Å². The normalized spacial score (nSPS) is 10.8. The monoisotopic (exact) mass is 293 g/mol. The van der Waals surface area contributed by atoms with Gasteiger partial charge in [-0.3, -0.25) is 10.1 Å². The zero-order valence-electron chi connectivity index (χ0n) is 11.6. The number of nitro groups is 1. The second-order valence-corrected chi connectivity index (χ2v) is 4.54. The lowest BCUT2D eigenvalue weighted by Crippen LogP contribution is -2.19. The maximum atomic E-state index is 13.3. The van der Waals surface area contributed by atoms with Gasteiger partial charge in [-0.15, -0.1) is 0 Å². The lowest BCUT2D eigenvalue weighted by Gasteiger charge is -2.07. The predicted octanol–water partition coefficient (Wildman–Crippen LogP) is 1.87. The van der Waals surface area contributed by atoms with Gasteiger partial charge in [-0.1, -0.05) is 6.92 Å². The summed E-state index contributed by atoms with van der Waals surface area (Å²) in [4.78, 5) is 14.6. The smallest absolute Gasteiger partial charge is 0.274 e. The Morgan fingerprint density at radius 3 is 3.00 bits per heavy atom. The summed E-state index contributed by atoms with van der Waals surface area (Å²) < 4.78 is 14.8. The van der Waals surface area contributed by atoms with Crippen molar-refractivity contribution in [2.45, 2.75) is 26.4 Å². The summed E-state index contributed by atoms with van der Waals surface area (Å²) in [5.41, 5.74) is 0.140. The summed E-state index contributed by atoms with van der Waals surface area (Å²) in [7, 11) is 0. The first-order valence-corrected chi connectivity index (χ1v) is 6.62. The molecule has 0 fully saturated rings. The highest BCUT2D eigenvalue weighted by Gasteiger charge is 2.16. The highest BCUT2D eigenvalue weighted by molar-refractivity contribution is 5.40. The fourth-order valence-corrected chi connectivity index (χ4v) is 1.95. The third-order valence-electron chi connectivity index (χ3n) is 2.96. The molecule has 8 heteroatoms. The Balaban J connectivity index is 2.20. The number of halogens is 1. The molecule has 7 nitrogen and oxygen atoms in total. The Hall–Kier alpha value is -2.35. The van der Waals surface area contributed by atoms with E-state index < -0.39 is 10.7 Å². The second-order valence-electron chi connectivity index (χ2n) is 4.54. The number of rotatable bonds is 7. The number of benzene rings is 1. The number of hydrogen-bond acceptors (Lipinski definition) is 5. The molecule has 0 saturated carbocycles. The van der Waals surface area contributed by atoms with E-state index in [0.29, 0.717) is 12.4 Å². The van der Waals surface area contributed by atoms with Gasteiger partial charge in [0.2, 0.25) is 0 Å². The lowest BCUT2D eigenvalue weighted by molar-refractivity contribution is -0.385. The SMILES string of the molecule is CCCNCc1ncnn1Cc1cc(F)ccc1[N+](=O)[O-]. The first-order valence-electron chi connectivity index (χ1n) is 6.62. The summed E-state index contributed by atoms with van der Waals surface area (Å²) in [6, 6.07) is 3.40. The second kappa shape index (κ2) is 6.89. The molecular formula is C13H16FN5O2. The number of nitrogens with zero attached hydrogens (tertiary/aromatic N) is 4. The van der Waals surface area contributed by atoms with E-state index in [-0.39, 0.29) is 17.8 Å². The summed E-state index contributed by atoms with van der Waals surface area (Å²) in [5, 5.41) is 18.2. The van der Waals surface area contributed by atoms with Gasteiger partial charge in [-0.2, -0.15) is 5.10 Å². The highest BCUT2D eigenvalue weighted by Crippen LogP contribution is 2.20. The Morgan fingerprint density at radius 1 is 1.48 bits per heavy atom. The first kappa shape index (κ1) is 15.0. The van der Waals surface area contributed by atoms with Gasteiger partial charge in [0, 0.05) is 6.07 Å². The molecule has 112 valence electrons. The Bertz CT molecular complexity index is 629. The average Bonchev–Trinajstić information content (AvgIpc) is 2.86. The van der Waals surface area contributed by atoms with Crippen molar-refractivity contribution in [2.75, 3.05) is 6.54 Å². The zero-order chi connectivity index (χ0) is 15.2. The molecule has 0 aliphatic heterocycles. The summed E-state index contributed by atoms with van der Waals surface area (Å²) in [6.45, 7) is 3.51. The van der Waals surface area contributed by atoms with E-state index >= 15 is 0 Å². The Kier molecular flexibility index (Phi) is 4.94.